The van der Waals surface area contributed by atoms with Gasteiger partial charge in [-0.25, -0.2) is 9.36 Å². The summed E-state index contributed by atoms with van der Waals surface area (Å²) in [5.74, 6) is -0.159. The molecule has 1 amide bonds. The molecule has 160 valence electrons. The second-order valence-corrected chi connectivity index (χ2v) is 6.61. The first-order chi connectivity index (χ1) is 14.8. The Morgan fingerprint density at radius 2 is 1.84 bits per heavy atom. The van der Waals surface area contributed by atoms with Crippen LogP contribution in [0.1, 0.15) is 25.8 Å². The molecule has 0 unspecified atom stereocenters. The second kappa shape index (κ2) is 9.12. The molecule has 0 aliphatic rings. The van der Waals surface area contributed by atoms with Crippen LogP contribution in [0.3, 0.4) is 0 Å². The predicted octanol–water partition coefficient (Wildman–Crippen LogP) is 2.73. The number of methoxy groups -OCH3 is 1. The predicted molar refractivity (Wildman–Crippen MR) is 118 cm³/mol. The van der Waals surface area contributed by atoms with E-state index in [0.29, 0.717) is 29.2 Å². The van der Waals surface area contributed by atoms with Gasteiger partial charge in [-0.3, -0.25) is 19.6 Å². The summed E-state index contributed by atoms with van der Waals surface area (Å²) >= 11 is 0. The van der Waals surface area contributed by atoms with E-state index in [0.717, 1.165) is 4.57 Å². The topological polar surface area (TPSA) is 126 Å². The molecule has 9 heteroatoms. The van der Waals surface area contributed by atoms with Gasteiger partial charge < -0.3 is 15.2 Å². The van der Waals surface area contributed by atoms with Crippen LogP contribution in [-0.2, 0) is 4.79 Å². The highest BCUT2D eigenvalue weighted by Crippen LogP contribution is 2.26. The number of hydrogen-bond donors (Lipinski definition) is 3. The van der Waals surface area contributed by atoms with Gasteiger partial charge in [0.25, 0.3) is 5.56 Å². The number of rotatable bonds is 6. The van der Waals surface area contributed by atoms with Crippen molar-refractivity contribution >= 4 is 23.0 Å². The summed E-state index contributed by atoms with van der Waals surface area (Å²) in [6.07, 6.45) is 0.296. The van der Waals surface area contributed by atoms with E-state index in [-0.39, 0.29) is 17.2 Å². The molecule has 2 aromatic carbocycles. The minimum Gasteiger partial charge on any atom is -0.497 e. The largest absolute Gasteiger partial charge is 0.497 e. The van der Waals surface area contributed by atoms with Crippen LogP contribution >= 0.6 is 0 Å². The van der Waals surface area contributed by atoms with E-state index in [1.165, 1.54) is 14.0 Å². The van der Waals surface area contributed by atoms with Crippen molar-refractivity contribution in [2.75, 3.05) is 12.4 Å². The number of nitrogens with one attached hydrogen (secondary N) is 2. The number of para-hydroxylation sites is 2. The van der Waals surface area contributed by atoms with Gasteiger partial charge >= 0.3 is 5.69 Å². The van der Waals surface area contributed by atoms with Crippen LogP contribution in [0.2, 0.25) is 0 Å². The number of anilines is 1. The minimum atomic E-state index is -0.792. The normalized spacial score (nSPS) is 11.3. The lowest BCUT2D eigenvalue weighted by Gasteiger charge is -2.12. The zero-order valence-corrected chi connectivity index (χ0v) is 17.3. The summed E-state index contributed by atoms with van der Waals surface area (Å²) < 4.78 is 6.08. The molecular weight excluding hydrogens is 400 g/mol. The van der Waals surface area contributed by atoms with Gasteiger partial charge in [-0.2, -0.15) is 0 Å². The number of ether oxygens (including phenoxy) is 1. The molecule has 0 saturated heterocycles. The number of carbonyl (C=O) groups is 1. The number of aromatic hydroxyl groups is 1. The summed E-state index contributed by atoms with van der Waals surface area (Å²) in [7, 11) is 1.51. The molecule has 0 saturated carbocycles. The van der Waals surface area contributed by atoms with E-state index in [1.807, 2.05) is 0 Å². The highest BCUT2D eigenvalue weighted by molar-refractivity contribution is 6.03. The van der Waals surface area contributed by atoms with E-state index >= 15 is 0 Å². The molecule has 9 nitrogen and oxygen atoms in total. The molecule has 0 aliphatic carbocycles. The lowest BCUT2D eigenvalue weighted by atomic mass is 10.2. The van der Waals surface area contributed by atoms with Crippen molar-refractivity contribution in [1.29, 1.82) is 0 Å². The number of hydrogen-bond acceptors (Lipinski definition) is 6. The lowest BCUT2D eigenvalue weighted by Crippen LogP contribution is -2.32. The minimum absolute atomic E-state index is 0.160. The Bertz CT molecular complexity index is 1260. The Morgan fingerprint density at radius 3 is 2.48 bits per heavy atom. The number of nitrogens with zero attached hydrogens (tertiary/aromatic N) is 2. The van der Waals surface area contributed by atoms with Gasteiger partial charge in [0, 0.05) is 6.42 Å². The zero-order valence-electron chi connectivity index (χ0n) is 17.3. The highest BCUT2D eigenvalue weighted by Gasteiger charge is 2.18. The molecule has 3 rings (SSSR count). The van der Waals surface area contributed by atoms with Gasteiger partial charge in [-0.15, -0.1) is 0 Å². The van der Waals surface area contributed by atoms with Crippen LogP contribution in [0.5, 0.6) is 11.6 Å². The van der Waals surface area contributed by atoms with Crippen LogP contribution in [0.25, 0.3) is 5.69 Å². The first-order valence-corrected chi connectivity index (χ1v) is 9.53. The maximum atomic E-state index is 12.5. The van der Waals surface area contributed by atoms with Crippen molar-refractivity contribution in [3.8, 4) is 17.3 Å². The molecule has 3 N–H and O–H groups in total. The monoisotopic (exact) mass is 422 g/mol. The van der Waals surface area contributed by atoms with E-state index in [2.05, 4.69) is 15.3 Å². The van der Waals surface area contributed by atoms with Gasteiger partial charge in [-0.05, 0) is 43.3 Å². The number of aromatic amines is 1. The molecule has 31 heavy (non-hydrogen) atoms. The van der Waals surface area contributed by atoms with Crippen LogP contribution in [0, 0.1) is 0 Å². The fraction of sp³-hybridized carbons (Fsp3) is 0.182. The molecule has 0 spiro atoms. The smallest absolute Gasteiger partial charge is 0.335 e. The third-order valence-corrected chi connectivity index (χ3v) is 4.57. The molecule has 0 radical (unpaired) electrons. The van der Waals surface area contributed by atoms with E-state index < -0.39 is 17.1 Å². The Balaban J connectivity index is 2.12. The quantitative estimate of drug-likeness (QED) is 0.527. The van der Waals surface area contributed by atoms with E-state index in [1.54, 1.807) is 55.5 Å². The van der Waals surface area contributed by atoms with Crippen molar-refractivity contribution in [1.82, 2.24) is 9.55 Å². The van der Waals surface area contributed by atoms with Gasteiger partial charge in [-0.1, -0.05) is 19.1 Å². The summed E-state index contributed by atoms with van der Waals surface area (Å²) in [4.78, 5) is 43.3. The first-order valence-electron chi connectivity index (χ1n) is 9.53. The summed E-state index contributed by atoms with van der Waals surface area (Å²) in [5, 5.41) is 13.5. The van der Waals surface area contributed by atoms with Gasteiger partial charge in [0.05, 0.1) is 29.9 Å². The van der Waals surface area contributed by atoms with Crippen molar-refractivity contribution in [2.24, 2.45) is 4.99 Å². The first kappa shape index (κ1) is 21.6. The Kier molecular flexibility index (Phi) is 6.35. The molecule has 1 heterocycles. The molecule has 0 fully saturated rings. The number of benzene rings is 2. The summed E-state index contributed by atoms with van der Waals surface area (Å²) in [6, 6.07) is 13.2. The zero-order chi connectivity index (χ0) is 22.5. The van der Waals surface area contributed by atoms with Crippen LogP contribution in [0.4, 0.5) is 11.4 Å². The molecule has 0 atom stereocenters. The fourth-order valence-corrected chi connectivity index (χ4v) is 2.97. The van der Waals surface area contributed by atoms with E-state index in [9.17, 15) is 19.5 Å². The maximum absolute atomic E-state index is 12.5. The van der Waals surface area contributed by atoms with Crippen LogP contribution < -0.4 is 21.3 Å². The molecular formula is C22H22N4O5. The summed E-state index contributed by atoms with van der Waals surface area (Å²) in [6.45, 7) is 3.26. The molecule has 0 bridgehead atoms. The second-order valence-electron chi connectivity index (χ2n) is 6.61. The van der Waals surface area contributed by atoms with E-state index in [4.69, 9.17) is 4.74 Å². The van der Waals surface area contributed by atoms with Crippen LogP contribution in [-0.4, -0.2) is 33.4 Å². The number of aliphatic imine (C=N–C) groups is 1. The molecule has 0 aliphatic heterocycles. The number of carbonyl (C=O) groups excluding carboxylic acids is 1. The Hall–Kier alpha value is -4.14. The fourth-order valence-electron chi connectivity index (χ4n) is 2.97. The van der Waals surface area contributed by atoms with Crippen molar-refractivity contribution in [2.45, 2.75) is 20.3 Å². The van der Waals surface area contributed by atoms with Crippen molar-refractivity contribution in [3.05, 3.63) is 74.9 Å². The van der Waals surface area contributed by atoms with Crippen molar-refractivity contribution < 1.29 is 14.6 Å². The maximum Gasteiger partial charge on any atom is 0.335 e. The number of amides is 1. The average Bonchev–Trinajstić information content (AvgIpc) is 2.75. The average molecular weight is 422 g/mol. The van der Waals surface area contributed by atoms with Gasteiger partial charge in [0.2, 0.25) is 11.8 Å². The molecule has 1 aromatic heterocycles. The summed E-state index contributed by atoms with van der Waals surface area (Å²) in [5.41, 5.74) is -0.352. The SMILES string of the molecule is CCC(=O)Nc1ccccc1N=C(C)c1c(O)n(-c2ccc(OC)cc2)c(=O)[nH]c1=O. The third kappa shape index (κ3) is 4.55. The van der Waals surface area contributed by atoms with Crippen molar-refractivity contribution in [3.63, 3.8) is 0 Å². The number of aromatic nitrogens is 2. The Labute approximate surface area is 177 Å². The van der Waals surface area contributed by atoms with Gasteiger partial charge in [0.1, 0.15) is 11.3 Å². The lowest BCUT2D eigenvalue weighted by molar-refractivity contribution is -0.115. The third-order valence-electron chi connectivity index (χ3n) is 4.57. The number of H-pyrrole nitrogens is 1. The standard InChI is InChI=1S/C22H22N4O5/c1-4-18(27)24-17-8-6-5-7-16(17)23-13(2)19-20(28)25-22(30)26(21(19)29)14-9-11-15(31-3)12-10-14/h5-12,29H,4H2,1-3H3,(H,24,27)(H,25,28,30). The van der Waals surface area contributed by atoms with Crippen LogP contribution in [0.15, 0.2) is 63.1 Å². The Morgan fingerprint density at radius 1 is 1.16 bits per heavy atom. The highest BCUT2D eigenvalue weighted by atomic mass is 16.5. The molecule has 3 aromatic rings. The van der Waals surface area contributed by atoms with Gasteiger partial charge in [0.15, 0.2) is 0 Å².